The molecule has 10 heteroatoms. The third kappa shape index (κ3) is 5.15. The van der Waals surface area contributed by atoms with Crippen molar-refractivity contribution in [1.82, 2.24) is 14.7 Å². The lowest BCUT2D eigenvalue weighted by molar-refractivity contribution is -0.141. The summed E-state index contributed by atoms with van der Waals surface area (Å²) < 4.78 is 11.9. The van der Waals surface area contributed by atoms with E-state index < -0.39 is 35.2 Å². The van der Waals surface area contributed by atoms with E-state index in [-0.39, 0.29) is 18.9 Å². The number of anilines is 1. The number of aromatic nitrogens is 2. The summed E-state index contributed by atoms with van der Waals surface area (Å²) in [4.78, 5) is 42.0. The number of likely N-dealkylation sites (tertiary alicyclic amines) is 1. The number of carbonyl (C=O) groups is 3. The maximum Gasteiger partial charge on any atom is 0.435 e. The van der Waals surface area contributed by atoms with E-state index in [1.807, 2.05) is 24.3 Å². The number of β-amino-alcohol motifs (C(OH)–C–C–N with tert-alkyl or cyclic N) is 1. The van der Waals surface area contributed by atoms with Crippen LogP contribution in [0.1, 0.15) is 58.4 Å². The SMILES string of the molecule is COc1ccc(C2(C(=O)N3C[C@@H](O)C[C@@H]3C(=O)Nc3cccc4c3cnn4C(=O)OC(C)(C)C)CCCC2)cc1. The Bertz CT molecular complexity index is 1420. The molecule has 1 aliphatic heterocycles. The number of aliphatic hydroxyl groups excluding tert-OH is 1. The van der Waals surface area contributed by atoms with Gasteiger partial charge >= 0.3 is 6.09 Å². The molecule has 2 aliphatic rings. The molecule has 1 aliphatic carbocycles. The molecule has 2 amide bonds. The van der Waals surface area contributed by atoms with Gasteiger partial charge in [-0.05, 0) is 63.4 Å². The third-order valence-corrected chi connectivity index (χ3v) is 7.79. The minimum atomic E-state index is -0.839. The molecule has 2 heterocycles. The number of benzene rings is 2. The van der Waals surface area contributed by atoms with Crippen LogP contribution in [0.3, 0.4) is 0 Å². The zero-order chi connectivity index (χ0) is 28.7. The van der Waals surface area contributed by atoms with Crippen LogP contribution in [0.4, 0.5) is 10.5 Å². The minimum absolute atomic E-state index is 0.0929. The van der Waals surface area contributed by atoms with Gasteiger partial charge in [0.05, 0.1) is 36.0 Å². The maximum atomic E-state index is 14.2. The fourth-order valence-electron chi connectivity index (χ4n) is 5.90. The molecule has 1 saturated heterocycles. The molecule has 0 spiro atoms. The van der Waals surface area contributed by atoms with Crippen molar-refractivity contribution in [3.05, 3.63) is 54.2 Å². The molecule has 1 saturated carbocycles. The Morgan fingerprint density at radius 1 is 1.07 bits per heavy atom. The molecule has 40 heavy (non-hydrogen) atoms. The lowest BCUT2D eigenvalue weighted by Crippen LogP contribution is -2.51. The average molecular weight is 549 g/mol. The van der Waals surface area contributed by atoms with Gasteiger partial charge in [-0.1, -0.05) is 31.0 Å². The van der Waals surface area contributed by atoms with Gasteiger partial charge in [0.25, 0.3) is 0 Å². The molecule has 5 rings (SSSR count). The maximum absolute atomic E-state index is 14.2. The number of rotatable bonds is 5. The normalized spacial score (nSPS) is 20.5. The first-order valence-corrected chi connectivity index (χ1v) is 13.7. The molecule has 2 N–H and O–H groups in total. The fraction of sp³-hybridized carbons (Fsp3) is 0.467. The van der Waals surface area contributed by atoms with Crippen molar-refractivity contribution in [2.24, 2.45) is 0 Å². The second-order valence-electron chi connectivity index (χ2n) is 11.6. The summed E-state index contributed by atoms with van der Waals surface area (Å²) in [5.41, 5.74) is 0.398. The van der Waals surface area contributed by atoms with Crippen molar-refractivity contribution in [2.45, 2.75) is 76.0 Å². The van der Waals surface area contributed by atoms with Crippen LogP contribution in [0.15, 0.2) is 48.7 Å². The lowest BCUT2D eigenvalue weighted by Gasteiger charge is -2.35. The topological polar surface area (TPSA) is 123 Å². The summed E-state index contributed by atoms with van der Waals surface area (Å²) in [6.07, 6.45) is 3.40. The molecule has 212 valence electrons. The van der Waals surface area contributed by atoms with Crippen LogP contribution in [-0.4, -0.2) is 69.1 Å². The van der Waals surface area contributed by atoms with Crippen molar-refractivity contribution < 1.29 is 29.0 Å². The molecule has 1 aromatic heterocycles. The van der Waals surface area contributed by atoms with E-state index >= 15 is 0 Å². The second kappa shape index (κ2) is 10.6. The number of nitrogens with one attached hydrogen (secondary N) is 1. The molecule has 10 nitrogen and oxygen atoms in total. The van der Waals surface area contributed by atoms with Crippen LogP contribution in [0, 0.1) is 0 Å². The number of hydrogen-bond acceptors (Lipinski definition) is 7. The number of ether oxygens (including phenoxy) is 2. The zero-order valence-electron chi connectivity index (χ0n) is 23.3. The van der Waals surface area contributed by atoms with Crippen LogP contribution in [0.25, 0.3) is 10.9 Å². The smallest absolute Gasteiger partial charge is 0.435 e. The third-order valence-electron chi connectivity index (χ3n) is 7.79. The number of nitrogens with zero attached hydrogens (tertiary/aromatic N) is 3. The Morgan fingerprint density at radius 2 is 1.77 bits per heavy atom. The predicted octanol–water partition coefficient (Wildman–Crippen LogP) is 4.24. The number of carbonyl (C=O) groups excluding carboxylic acids is 3. The number of methoxy groups -OCH3 is 1. The lowest BCUT2D eigenvalue weighted by atomic mass is 9.77. The van der Waals surface area contributed by atoms with Crippen LogP contribution >= 0.6 is 0 Å². The van der Waals surface area contributed by atoms with Crippen molar-refractivity contribution in [1.29, 1.82) is 0 Å². The molecule has 0 unspecified atom stereocenters. The Balaban J connectivity index is 1.40. The Kier molecular flexibility index (Phi) is 7.31. The average Bonchev–Trinajstić information content (AvgIpc) is 3.66. The van der Waals surface area contributed by atoms with E-state index in [1.165, 1.54) is 6.20 Å². The van der Waals surface area contributed by atoms with Gasteiger partial charge < -0.3 is 24.8 Å². The molecular formula is C30H36N4O6. The molecule has 2 atom stereocenters. The number of amides is 2. The van der Waals surface area contributed by atoms with E-state index in [0.29, 0.717) is 35.2 Å². The summed E-state index contributed by atoms with van der Waals surface area (Å²) in [6.45, 7) is 5.41. The van der Waals surface area contributed by atoms with Gasteiger partial charge in [-0.2, -0.15) is 9.78 Å². The molecular weight excluding hydrogens is 512 g/mol. The Labute approximate surface area is 233 Å². The van der Waals surface area contributed by atoms with Crippen LogP contribution < -0.4 is 10.1 Å². The highest BCUT2D eigenvalue weighted by molar-refractivity contribution is 6.05. The first-order valence-electron chi connectivity index (χ1n) is 13.7. The van der Waals surface area contributed by atoms with E-state index in [0.717, 1.165) is 23.1 Å². The van der Waals surface area contributed by atoms with Gasteiger partial charge in [0, 0.05) is 18.4 Å². The predicted molar refractivity (Wildman–Crippen MR) is 149 cm³/mol. The van der Waals surface area contributed by atoms with Gasteiger partial charge in [-0.15, -0.1) is 0 Å². The first-order chi connectivity index (χ1) is 19.0. The van der Waals surface area contributed by atoms with E-state index in [4.69, 9.17) is 9.47 Å². The Morgan fingerprint density at radius 3 is 2.42 bits per heavy atom. The molecule has 2 aromatic carbocycles. The zero-order valence-corrected chi connectivity index (χ0v) is 23.3. The largest absolute Gasteiger partial charge is 0.497 e. The number of fused-ring (bicyclic) bond motifs is 1. The van der Waals surface area contributed by atoms with Crippen molar-refractivity contribution in [3.8, 4) is 5.75 Å². The summed E-state index contributed by atoms with van der Waals surface area (Å²) in [7, 11) is 1.60. The van der Waals surface area contributed by atoms with Crippen LogP contribution in [0.2, 0.25) is 0 Å². The van der Waals surface area contributed by atoms with Gasteiger partial charge in [0.2, 0.25) is 11.8 Å². The first kappa shape index (κ1) is 27.6. The van der Waals surface area contributed by atoms with Crippen molar-refractivity contribution in [3.63, 3.8) is 0 Å². The summed E-state index contributed by atoms with van der Waals surface area (Å²) in [5, 5.41) is 18.2. The van der Waals surface area contributed by atoms with Gasteiger partial charge in [-0.3, -0.25) is 9.59 Å². The van der Waals surface area contributed by atoms with Crippen molar-refractivity contribution in [2.75, 3.05) is 19.0 Å². The van der Waals surface area contributed by atoms with Gasteiger partial charge in [0.15, 0.2) is 0 Å². The van der Waals surface area contributed by atoms with E-state index in [1.54, 1.807) is 51.0 Å². The van der Waals surface area contributed by atoms with E-state index in [9.17, 15) is 19.5 Å². The van der Waals surface area contributed by atoms with Gasteiger partial charge in [0.1, 0.15) is 17.4 Å². The standard InChI is InChI=1S/C30H36N4O6/c1-29(2,3)40-28(38)34-24-9-7-8-23(22(24)17-31-34)32-26(36)25-16-20(35)18-33(25)27(37)30(14-5-6-15-30)19-10-12-21(39-4)13-11-19/h7-13,17,20,25,35H,5-6,14-16,18H2,1-4H3,(H,32,36)/t20-,25+/m0/s1. The molecule has 2 fully saturated rings. The highest BCUT2D eigenvalue weighted by Gasteiger charge is 2.50. The van der Waals surface area contributed by atoms with Gasteiger partial charge in [-0.25, -0.2) is 4.79 Å². The number of aliphatic hydroxyl groups is 1. The summed E-state index contributed by atoms with van der Waals surface area (Å²) in [5.74, 6) is 0.176. The second-order valence-corrected chi connectivity index (χ2v) is 11.6. The van der Waals surface area contributed by atoms with E-state index in [2.05, 4.69) is 10.4 Å². The Hall–Kier alpha value is -3.92. The highest BCUT2D eigenvalue weighted by Crippen LogP contribution is 2.44. The quantitative estimate of drug-likeness (QED) is 0.489. The summed E-state index contributed by atoms with van der Waals surface area (Å²) >= 11 is 0. The number of hydrogen-bond donors (Lipinski definition) is 2. The van der Waals surface area contributed by atoms with Crippen molar-refractivity contribution >= 4 is 34.5 Å². The molecule has 0 radical (unpaired) electrons. The summed E-state index contributed by atoms with van der Waals surface area (Å²) in [6, 6.07) is 11.9. The molecule has 0 bridgehead atoms. The highest BCUT2D eigenvalue weighted by atomic mass is 16.6. The monoisotopic (exact) mass is 548 g/mol. The van der Waals surface area contributed by atoms with Crippen LogP contribution in [0.5, 0.6) is 5.75 Å². The minimum Gasteiger partial charge on any atom is -0.497 e. The van der Waals surface area contributed by atoms with Crippen LogP contribution in [-0.2, 0) is 19.7 Å². The fourth-order valence-corrected chi connectivity index (χ4v) is 5.90. The molecule has 3 aromatic rings.